The van der Waals surface area contributed by atoms with Crippen LogP contribution in [0.2, 0.25) is 0 Å². The molecule has 0 radical (unpaired) electrons. The number of nitrogens with zero attached hydrogens (tertiary/aromatic N) is 2. The minimum atomic E-state index is -0.229. The van der Waals surface area contributed by atoms with Crippen LogP contribution in [0.15, 0.2) is 48.5 Å². The van der Waals surface area contributed by atoms with Crippen molar-refractivity contribution in [3.63, 3.8) is 0 Å². The number of aliphatic hydroxyl groups is 1. The lowest BCUT2D eigenvalue weighted by Crippen LogP contribution is -2.59. The van der Waals surface area contributed by atoms with Crippen molar-refractivity contribution in [1.82, 2.24) is 14.8 Å². The number of hydrogen-bond donors (Lipinski definition) is 3. The molecule has 5 aliphatic rings. The summed E-state index contributed by atoms with van der Waals surface area (Å²) in [6.07, 6.45) is 5.25. The molecule has 2 aromatic carbocycles. The first kappa shape index (κ1) is 23.7. The highest BCUT2D eigenvalue weighted by Gasteiger charge is 2.61. The van der Waals surface area contributed by atoms with E-state index in [0.717, 1.165) is 38.2 Å². The van der Waals surface area contributed by atoms with E-state index >= 15 is 0 Å². The van der Waals surface area contributed by atoms with E-state index in [2.05, 4.69) is 75.6 Å². The molecule has 3 aliphatic carbocycles. The van der Waals surface area contributed by atoms with Crippen LogP contribution in [0.4, 0.5) is 10.1 Å². The fraction of sp³-hybridized carbons (Fsp3) is 0.548. The van der Waals surface area contributed by atoms with Crippen LogP contribution >= 0.6 is 0 Å². The fourth-order valence-corrected chi connectivity index (χ4v) is 8.26. The van der Waals surface area contributed by atoms with Crippen molar-refractivity contribution in [2.45, 2.75) is 62.7 Å². The minimum Gasteiger partial charge on any atom is -0.396 e. The highest BCUT2D eigenvalue weighted by Crippen LogP contribution is 2.62. The molecule has 3 aromatic rings. The Bertz CT molecular complexity index is 1260. The molecule has 0 spiro atoms. The third-order valence-electron chi connectivity index (χ3n) is 9.91. The van der Waals surface area contributed by atoms with Crippen molar-refractivity contribution in [2.75, 3.05) is 38.2 Å². The molecule has 6 heteroatoms. The van der Waals surface area contributed by atoms with E-state index in [4.69, 9.17) is 0 Å². The van der Waals surface area contributed by atoms with Gasteiger partial charge in [0.2, 0.25) is 0 Å². The zero-order valence-corrected chi connectivity index (χ0v) is 21.8. The molecule has 1 saturated heterocycles. The highest BCUT2D eigenvalue weighted by atomic mass is 19.1. The Hall–Kier alpha value is -2.41. The quantitative estimate of drug-likeness (QED) is 0.400. The zero-order valence-electron chi connectivity index (χ0n) is 21.8. The molecule has 2 bridgehead atoms. The molecule has 5 nitrogen and oxygen atoms in total. The molecule has 1 aromatic heterocycles. The van der Waals surface area contributed by atoms with Gasteiger partial charge >= 0.3 is 0 Å². The number of nitrogens with one attached hydrogen (secondary N) is 2. The average molecular weight is 503 g/mol. The van der Waals surface area contributed by atoms with E-state index in [1.54, 1.807) is 0 Å². The summed E-state index contributed by atoms with van der Waals surface area (Å²) in [5.74, 6) is 1.14. The number of halogens is 1. The molecule has 3 atom stereocenters. The number of aromatic amines is 1. The topological polar surface area (TPSA) is 54.5 Å². The maximum atomic E-state index is 12.5. The Morgan fingerprint density at radius 2 is 1.86 bits per heavy atom. The predicted molar refractivity (Wildman–Crippen MR) is 147 cm³/mol. The monoisotopic (exact) mass is 502 g/mol. The maximum Gasteiger partial charge on any atom is 0.0906 e. The lowest BCUT2D eigenvalue weighted by atomic mass is 9.71. The van der Waals surface area contributed by atoms with Crippen LogP contribution in [0.25, 0.3) is 10.9 Å². The van der Waals surface area contributed by atoms with Gasteiger partial charge < -0.3 is 15.4 Å². The summed E-state index contributed by atoms with van der Waals surface area (Å²) >= 11 is 0. The van der Waals surface area contributed by atoms with Crippen LogP contribution in [0, 0.1) is 11.8 Å². The first-order valence-electron chi connectivity index (χ1n) is 14.2. The van der Waals surface area contributed by atoms with Crippen molar-refractivity contribution >= 4 is 16.6 Å². The second-order valence-corrected chi connectivity index (χ2v) is 12.2. The average Bonchev–Trinajstić information content (AvgIpc) is 3.54. The number of alkyl halides is 1. The van der Waals surface area contributed by atoms with Gasteiger partial charge in [-0.3, -0.25) is 14.2 Å². The summed E-state index contributed by atoms with van der Waals surface area (Å²) in [6.45, 7) is 5.34. The van der Waals surface area contributed by atoms with Gasteiger partial charge in [-0.25, -0.2) is 0 Å². The van der Waals surface area contributed by atoms with Crippen LogP contribution in [-0.2, 0) is 6.42 Å². The molecule has 0 amide bonds. The number of anilines is 1. The number of benzene rings is 2. The van der Waals surface area contributed by atoms with Crippen LogP contribution in [0.5, 0.6) is 0 Å². The van der Waals surface area contributed by atoms with E-state index in [-0.39, 0.29) is 18.3 Å². The fourth-order valence-electron chi connectivity index (χ4n) is 8.26. The number of para-hydroxylation sites is 1. The summed E-state index contributed by atoms with van der Waals surface area (Å²) in [7, 11) is 0. The molecule has 0 unspecified atom stereocenters. The molecular formula is C31H39FN4O. The summed E-state index contributed by atoms with van der Waals surface area (Å²) in [5, 5.41) is 15.0. The predicted octanol–water partition coefficient (Wildman–Crippen LogP) is 5.12. The minimum absolute atomic E-state index is 0.193. The van der Waals surface area contributed by atoms with Crippen LogP contribution in [0.3, 0.4) is 0 Å². The lowest BCUT2D eigenvalue weighted by Gasteiger charge is -2.55. The molecule has 37 heavy (non-hydrogen) atoms. The smallest absolute Gasteiger partial charge is 0.0906 e. The maximum absolute atomic E-state index is 12.5. The van der Waals surface area contributed by atoms with Gasteiger partial charge in [0.1, 0.15) is 0 Å². The van der Waals surface area contributed by atoms with Gasteiger partial charge in [0.15, 0.2) is 0 Å². The van der Waals surface area contributed by atoms with E-state index in [0.29, 0.717) is 36.9 Å². The normalized spacial score (nSPS) is 31.8. The van der Waals surface area contributed by atoms with Crippen molar-refractivity contribution < 1.29 is 9.50 Å². The van der Waals surface area contributed by atoms with Crippen molar-refractivity contribution in [3.8, 4) is 0 Å². The molecule has 3 heterocycles. The summed E-state index contributed by atoms with van der Waals surface area (Å²) in [6, 6.07) is 18.9. The number of rotatable bonds is 8. The molecule has 196 valence electrons. The van der Waals surface area contributed by atoms with Crippen LogP contribution in [-0.4, -0.2) is 70.4 Å². The number of likely N-dealkylation sites (tertiary alicyclic amines) is 1. The van der Waals surface area contributed by atoms with E-state index in [1.165, 1.54) is 40.6 Å². The first-order chi connectivity index (χ1) is 18.1. The van der Waals surface area contributed by atoms with Gasteiger partial charge in [-0.15, -0.1) is 0 Å². The first-order valence-corrected chi connectivity index (χ1v) is 14.2. The van der Waals surface area contributed by atoms with Crippen LogP contribution in [0.1, 0.15) is 55.5 Å². The SMILES string of the molecule is C[C@@H]1Cc2c([nH]c3ccccc23)[C@@H](c2ccc(NC3CN(CCCF)C3)cc2)N1C12CC(C1)[C@@H](CO)C2. The molecule has 2 aliphatic heterocycles. The van der Waals surface area contributed by atoms with Crippen molar-refractivity contribution in [1.29, 1.82) is 0 Å². The van der Waals surface area contributed by atoms with Gasteiger partial charge in [-0.05, 0) is 80.2 Å². The summed E-state index contributed by atoms with van der Waals surface area (Å²) < 4.78 is 12.5. The number of aliphatic hydroxyl groups excluding tert-OH is 1. The molecular weight excluding hydrogens is 463 g/mol. The van der Waals surface area contributed by atoms with Gasteiger partial charge in [-0.1, -0.05) is 30.3 Å². The third-order valence-corrected chi connectivity index (χ3v) is 9.91. The number of hydrogen-bond acceptors (Lipinski definition) is 4. The largest absolute Gasteiger partial charge is 0.396 e. The molecule has 3 saturated carbocycles. The van der Waals surface area contributed by atoms with E-state index in [1.807, 2.05) is 0 Å². The van der Waals surface area contributed by atoms with Gasteiger partial charge in [0.25, 0.3) is 0 Å². The number of fused-ring (bicyclic) bond motifs is 4. The Morgan fingerprint density at radius 3 is 2.59 bits per heavy atom. The highest BCUT2D eigenvalue weighted by molar-refractivity contribution is 5.85. The van der Waals surface area contributed by atoms with Gasteiger partial charge in [-0.2, -0.15) is 0 Å². The number of H-pyrrole nitrogens is 1. The molecule has 4 fully saturated rings. The molecule has 8 rings (SSSR count). The Balaban J connectivity index is 1.19. The van der Waals surface area contributed by atoms with E-state index < -0.39 is 0 Å². The second kappa shape index (κ2) is 9.11. The lowest BCUT2D eigenvalue weighted by molar-refractivity contribution is -0.0345. The van der Waals surface area contributed by atoms with Gasteiger partial charge in [0.05, 0.1) is 18.8 Å². The Kier molecular flexibility index (Phi) is 5.83. The van der Waals surface area contributed by atoms with Crippen molar-refractivity contribution in [3.05, 3.63) is 65.4 Å². The summed E-state index contributed by atoms with van der Waals surface area (Å²) in [5.41, 5.74) is 6.76. The Labute approximate surface area is 219 Å². The summed E-state index contributed by atoms with van der Waals surface area (Å²) in [4.78, 5) is 8.99. The number of aromatic nitrogens is 1. The van der Waals surface area contributed by atoms with Crippen LogP contribution < -0.4 is 5.32 Å². The third kappa shape index (κ3) is 3.83. The second-order valence-electron chi connectivity index (χ2n) is 12.2. The van der Waals surface area contributed by atoms with E-state index in [9.17, 15) is 9.50 Å². The van der Waals surface area contributed by atoms with Crippen molar-refractivity contribution in [2.24, 2.45) is 11.8 Å². The zero-order chi connectivity index (χ0) is 25.1. The molecule has 3 N–H and O–H groups in total. The Morgan fingerprint density at radius 1 is 1.08 bits per heavy atom. The standard InChI is InChI=1S/C31H39FN4O/c1-20-13-27-26-5-2-3-6-28(26)34-29(27)30(36(20)31-14-22(15-31)23(16-31)19-37)21-7-9-24(10-8-21)33-25-17-35(18-25)12-4-11-32/h2-3,5-10,20,22-23,25,30,33-34,37H,4,11-19H2,1H3/t20-,22?,23-,30-,31?/m1/s1. The van der Waals surface area contributed by atoms with Gasteiger partial charge in [0, 0.05) is 60.1 Å².